The molecule has 0 aromatic heterocycles. The fourth-order valence-corrected chi connectivity index (χ4v) is 3.35. The third kappa shape index (κ3) is 3.69. The van der Waals surface area contributed by atoms with Crippen LogP contribution in [0.4, 0.5) is 0 Å². The van der Waals surface area contributed by atoms with E-state index in [0.29, 0.717) is 16.5 Å². The second-order valence-corrected chi connectivity index (χ2v) is 6.18. The van der Waals surface area contributed by atoms with E-state index >= 15 is 0 Å². The van der Waals surface area contributed by atoms with Crippen LogP contribution in [0.3, 0.4) is 0 Å². The van der Waals surface area contributed by atoms with E-state index in [0.717, 1.165) is 11.1 Å². The SMILES string of the molecule is Cc1ccccc1CS(=O)Cc1cccc(Cl)c1. The van der Waals surface area contributed by atoms with Crippen molar-refractivity contribution < 1.29 is 4.21 Å². The van der Waals surface area contributed by atoms with Crippen LogP contribution in [0.5, 0.6) is 0 Å². The molecule has 1 unspecified atom stereocenters. The lowest BCUT2D eigenvalue weighted by Gasteiger charge is -2.06. The highest BCUT2D eigenvalue weighted by Gasteiger charge is 2.05. The Balaban J connectivity index is 2.03. The van der Waals surface area contributed by atoms with Gasteiger partial charge in [-0.1, -0.05) is 48.0 Å². The molecule has 0 heterocycles. The maximum atomic E-state index is 12.1. The molecule has 94 valence electrons. The maximum Gasteiger partial charge on any atom is 0.0491 e. The van der Waals surface area contributed by atoms with Crippen molar-refractivity contribution in [2.24, 2.45) is 0 Å². The molecule has 0 saturated carbocycles. The number of benzene rings is 2. The van der Waals surface area contributed by atoms with Crippen molar-refractivity contribution in [2.45, 2.75) is 18.4 Å². The Morgan fingerprint density at radius 2 is 1.83 bits per heavy atom. The zero-order valence-electron chi connectivity index (χ0n) is 10.2. The van der Waals surface area contributed by atoms with Gasteiger partial charge in [0, 0.05) is 27.3 Å². The van der Waals surface area contributed by atoms with Gasteiger partial charge in [0.2, 0.25) is 0 Å². The second-order valence-electron chi connectivity index (χ2n) is 4.28. The quantitative estimate of drug-likeness (QED) is 0.823. The van der Waals surface area contributed by atoms with Gasteiger partial charge in [0.15, 0.2) is 0 Å². The minimum absolute atomic E-state index is 0.550. The minimum Gasteiger partial charge on any atom is -0.259 e. The monoisotopic (exact) mass is 278 g/mol. The first-order valence-corrected chi connectivity index (χ1v) is 7.65. The first-order valence-electron chi connectivity index (χ1n) is 5.79. The highest BCUT2D eigenvalue weighted by Crippen LogP contribution is 2.15. The van der Waals surface area contributed by atoms with Crippen LogP contribution in [-0.2, 0) is 22.3 Å². The molecule has 1 nitrogen and oxygen atoms in total. The van der Waals surface area contributed by atoms with Crippen molar-refractivity contribution in [2.75, 3.05) is 0 Å². The Morgan fingerprint density at radius 1 is 1.06 bits per heavy atom. The third-order valence-corrected chi connectivity index (χ3v) is 4.32. The zero-order valence-corrected chi connectivity index (χ0v) is 11.8. The van der Waals surface area contributed by atoms with Crippen molar-refractivity contribution in [3.63, 3.8) is 0 Å². The largest absolute Gasteiger partial charge is 0.259 e. The first kappa shape index (κ1) is 13.3. The average molecular weight is 279 g/mol. The van der Waals surface area contributed by atoms with E-state index in [4.69, 9.17) is 11.6 Å². The Kier molecular flexibility index (Phi) is 4.56. The fourth-order valence-electron chi connectivity index (χ4n) is 1.81. The first-order chi connectivity index (χ1) is 8.65. The predicted octanol–water partition coefficient (Wildman–Crippen LogP) is 4.10. The van der Waals surface area contributed by atoms with E-state index in [1.807, 2.05) is 55.5 Å². The van der Waals surface area contributed by atoms with Crippen molar-refractivity contribution in [3.8, 4) is 0 Å². The van der Waals surface area contributed by atoms with Crippen LogP contribution < -0.4 is 0 Å². The molecule has 0 aliphatic carbocycles. The molecule has 0 amide bonds. The van der Waals surface area contributed by atoms with Gasteiger partial charge in [-0.3, -0.25) is 4.21 Å². The molecule has 0 radical (unpaired) electrons. The van der Waals surface area contributed by atoms with Crippen molar-refractivity contribution in [1.82, 2.24) is 0 Å². The molecule has 0 N–H and O–H groups in total. The van der Waals surface area contributed by atoms with Gasteiger partial charge in [-0.2, -0.15) is 0 Å². The molecule has 2 rings (SSSR count). The van der Waals surface area contributed by atoms with Crippen LogP contribution in [-0.4, -0.2) is 4.21 Å². The van der Waals surface area contributed by atoms with Crippen molar-refractivity contribution in [1.29, 1.82) is 0 Å². The van der Waals surface area contributed by atoms with E-state index in [9.17, 15) is 4.21 Å². The molecular weight excluding hydrogens is 264 g/mol. The highest BCUT2D eigenvalue weighted by atomic mass is 35.5. The van der Waals surface area contributed by atoms with E-state index < -0.39 is 10.8 Å². The minimum atomic E-state index is -0.899. The lowest BCUT2D eigenvalue weighted by atomic mass is 10.1. The molecule has 2 aromatic carbocycles. The molecule has 0 aliphatic heterocycles. The van der Waals surface area contributed by atoms with E-state index in [1.54, 1.807) is 0 Å². The Hall–Kier alpha value is -1.12. The van der Waals surface area contributed by atoms with E-state index in [-0.39, 0.29) is 0 Å². The lowest BCUT2D eigenvalue weighted by molar-refractivity contribution is 0.682. The Bertz CT molecular complexity index is 566. The number of aryl methyl sites for hydroxylation is 1. The average Bonchev–Trinajstić information content (AvgIpc) is 2.32. The van der Waals surface area contributed by atoms with Gasteiger partial charge in [0.1, 0.15) is 0 Å². The molecule has 18 heavy (non-hydrogen) atoms. The van der Waals surface area contributed by atoms with Gasteiger partial charge in [-0.15, -0.1) is 0 Å². The molecule has 0 bridgehead atoms. The van der Waals surface area contributed by atoms with Gasteiger partial charge in [0.25, 0.3) is 0 Å². The molecular formula is C15H15ClOS. The summed E-state index contributed by atoms with van der Waals surface area (Å²) in [6, 6.07) is 15.6. The van der Waals surface area contributed by atoms with Crippen LogP contribution in [0.25, 0.3) is 0 Å². The number of hydrogen-bond donors (Lipinski definition) is 0. The topological polar surface area (TPSA) is 17.1 Å². The van der Waals surface area contributed by atoms with Gasteiger partial charge >= 0.3 is 0 Å². The summed E-state index contributed by atoms with van der Waals surface area (Å²) in [6.07, 6.45) is 0. The lowest BCUT2D eigenvalue weighted by Crippen LogP contribution is -2.00. The molecule has 0 spiro atoms. The van der Waals surface area contributed by atoms with Gasteiger partial charge in [0.05, 0.1) is 0 Å². The van der Waals surface area contributed by atoms with Gasteiger partial charge in [-0.25, -0.2) is 0 Å². The Labute approximate surface area is 115 Å². The van der Waals surface area contributed by atoms with Crippen LogP contribution in [0.15, 0.2) is 48.5 Å². The van der Waals surface area contributed by atoms with E-state index in [1.165, 1.54) is 5.56 Å². The van der Waals surface area contributed by atoms with E-state index in [2.05, 4.69) is 0 Å². The number of rotatable bonds is 4. The zero-order chi connectivity index (χ0) is 13.0. The number of hydrogen-bond acceptors (Lipinski definition) is 1. The fraction of sp³-hybridized carbons (Fsp3) is 0.200. The summed E-state index contributed by atoms with van der Waals surface area (Å²) in [5, 5.41) is 0.695. The van der Waals surface area contributed by atoms with Crippen LogP contribution in [0, 0.1) is 6.92 Å². The number of halogens is 1. The second kappa shape index (κ2) is 6.17. The molecule has 2 aromatic rings. The van der Waals surface area contributed by atoms with Gasteiger partial charge < -0.3 is 0 Å². The summed E-state index contributed by atoms with van der Waals surface area (Å²) in [5.41, 5.74) is 3.37. The Morgan fingerprint density at radius 3 is 2.56 bits per heavy atom. The smallest absolute Gasteiger partial charge is 0.0491 e. The highest BCUT2D eigenvalue weighted by molar-refractivity contribution is 7.83. The summed E-state index contributed by atoms with van der Waals surface area (Å²) in [5.74, 6) is 1.15. The molecule has 1 atom stereocenters. The molecule has 3 heteroatoms. The third-order valence-electron chi connectivity index (χ3n) is 2.79. The molecule has 0 saturated heterocycles. The normalized spacial score (nSPS) is 12.3. The summed E-state index contributed by atoms with van der Waals surface area (Å²) in [4.78, 5) is 0. The predicted molar refractivity (Wildman–Crippen MR) is 78.2 cm³/mol. The summed E-state index contributed by atoms with van der Waals surface area (Å²) in [7, 11) is -0.899. The summed E-state index contributed by atoms with van der Waals surface area (Å²) in [6.45, 7) is 2.05. The summed E-state index contributed by atoms with van der Waals surface area (Å²) < 4.78 is 12.1. The van der Waals surface area contributed by atoms with Crippen molar-refractivity contribution in [3.05, 3.63) is 70.2 Å². The van der Waals surface area contributed by atoms with Crippen LogP contribution >= 0.6 is 11.6 Å². The maximum absolute atomic E-state index is 12.1. The standard InChI is InChI=1S/C15H15ClOS/c1-12-5-2-3-7-14(12)11-18(17)10-13-6-4-8-15(16)9-13/h2-9H,10-11H2,1H3. The van der Waals surface area contributed by atoms with Crippen molar-refractivity contribution >= 4 is 22.4 Å². The summed E-state index contributed by atoms with van der Waals surface area (Å²) >= 11 is 5.91. The van der Waals surface area contributed by atoms with Crippen LogP contribution in [0.1, 0.15) is 16.7 Å². The molecule has 0 aliphatic rings. The van der Waals surface area contributed by atoms with Crippen LogP contribution in [0.2, 0.25) is 5.02 Å². The molecule has 0 fully saturated rings. The van der Waals surface area contributed by atoms with Gasteiger partial charge in [-0.05, 0) is 35.7 Å².